The Labute approximate surface area is 119 Å². The lowest BCUT2D eigenvalue weighted by molar-refractivity contribution is 0.163. The van der Waals surface area contributed by atoms with E-state index in [2.05, 4.69) is 29.2 Å². The first-order valence-corrected chi connectivity index (χ1v) is 7.20. The first-order valence-electron chi connectivity index (χ1n) is 7.20. The number of nitrogens with zero attached hydrogens (tertiary/aromatic N) is 2. The summed E-state index contributed by atoms with van der Waals surface area (Å²) in [6, 6.07) is 13.2. The molecule has 0 saturated carbocycles. The van der Waals surface area contributed by atoms with E-state index in [1.54, 1.807) is 0 Å². The van der Waals surface area contributed by atoms with Gasteiger partial charge in [0.05, 0.1) is 5.69 Å². The summed E-state index contributed by atoms with van der Waals surface area (Å²) in [5.74, 6) is 0.844. The number of hydrogen-bond donors (Lipinski definition) is 1. The number of piperazine rings is 1. The molecule has 1 saturated heterocycles. The Hall–Kier alpha value is -1.65. The summed E-state index contributed by atoms with van der Waals surface area (Å²) in [5.41, 5.74) is 2.08. The van der Waals surface area contributed by atoms with E-state index in [1.807, 2.05) is 36.4 Å². The molecule has 2 aromatic rings. The molecule has 1 aliphatic heterocycles. The van der Waals surface area contributed by atoms with Crippen LogP contribution in [0, 0.1) is 0 Å². The highest BCUT2D eigenvalue weighted by atomic mass is 16.5. The maximum absolute atomic E-state index is 5.45. The second-order valence-corrected chi connectivity index (χ2v) is 5.71. The molecule has 0 bridgehead atoms. The Morgan fingerprint density at radius 1 is 1.20 bits per heavy atom. The van der Waals surface area contributed by atoms with Crippen LogP contribution in [0.15, 0.2) is 40.9 Å². The molecule has 1 fully saturated rings. The minimum atomic E-state index is 0.527. The lowest BCUT2D eigenvalue weighted by Crippen LogP contribution is -2.53. The van der Waals surface area contributed by atoms with Gasteiger partial charge in [-0.2, -0.15) is 0 Å². The van der Waals surface area contributed by atoms with Crippen molar-refractivity contribution in [3.8, 4) is 11.3 Å². The SMILES string of the molecule is CC1CN(Cc2cc(-c3ccccc3)on2)CC(C)N1. The fourth-order valence-electron chi connectivity index (χ4n) is 2.92. The first kappa shape index (κ1) is 13.3. The van der Waals surface area contributed by atoms with Crippen molar-refractivity contribution in [1.82, 2.24) is 15.4 Å². The molecule has 1 aliphatic rings. The fraction of sp³-hybridized carbons (Fsp3) is 0.438. The standard InChI is InChI=1S/C16H21N3O/c1-12-9-19(10-13(2)17-12)11-15-8-16(20-18-15)14-6-4-3-5-7-14/h3-8,12-13,17H,9-11H2,1-2H3. The zero-order chi connectivity index (χ0) is 13.9. The monoisotopic (exact) mass is 271 g/mol. The van der Waals surface area contributed by atoms with Crippen LogP contribution in [-0.2, 0) is 6.54 Å². The molecule has 4 nitrogen and oxygen atoms in total. The summed E-state index contributed by atoms with van der Waals surface area (Å²) < 4.78 is 5.45. The fourth-order valence-corrected chi connectivity index (χ4v) is 2.92. The zero-order valence-corrected chi connectivity index (χ0v) is 12.0. The normalized spacial score (nSPS) is 23.9. The van der Waals surface area contributed by atoms with Gasteiger partial charge in [-0.05, 0) is 13.8 Å². The average molecular weight is 271 g/mol. The molecule has 20 heavy (non-hydrogen) atoms. The minimum absolute atomic E-state index is 0.527. The van der Waals surface area contributed by atoms with Crippen molar-refractivity contribution in [2.45, 2.75) is 32.5 Å². The maximum Gasteiger partial charge on any atom is 0.167 e. The zero-order valence-electron chi connectivity index (χ0n) is 12.0. The number of nitrogens with one attached hydrogen (secondary N) is 1. The summed E-state index contributed by atoms with van der Waals surface area (Å²) in [7, 11) is 0. The van der Waals surface area contributed by atoms with Gasteiger partial charge in [0, 0.05) is 43.3 Å². The van der Waals surface area contributed by atoms with E-state index >= 15 is 0 Å². The molecule has 0 spiro atoms. The van der Waals surface area contributed by atoms with E-state index < -0.39 is 0 Å². The van der Waals surface area contributed by atoms with E-state index in [-0.39, 0.29) is 0 Å². The van der Waals surface area contributed by atoms with Crippen molar-refractivity contribution in [3.63, 3.8) is 0 Å². The minimum Gasteiger partial charge on any atom is -0.356 e. The van der Waals surface area contributed by atoms with Gasteiger partial charge in [-0.15, -0.1) is 0 Å². The van der Waals surface area contributed by atoms with E-state index in [1.165, 1.54) is 0 Å². The number of benzene rings is 1. The highest BCUT2D eigenvalue weighted by Gasteiger charge is 2.21. The van der Waals surface area contributed by atoms with Gasteiger partial charge in [-0.3, -0.25) is 4.90 Å². The van der Waals surface area contributed by atoms with Crippen molar-refractivity contribution in [3.05, 3.63) is 42.1 Å². The number of hydrogen-bond acceptors (Lipinski definition) is 4. The van der Waals surface area contributed by atoms with Crippen LogP contribution in [0.25, 0.3) is 11.3 Å². The summed E-state index contributed by atoms with van der Waals surface area (Å²) in [5, 5.41) is 7.74. The van der Waals surface area contributed by atoms with Crippen molar-refractivity contribution in [1.29, 1.82) is 0 Å². The van der Waals surface area contributed by atoms with Crippen LogP contribution in [-0.4, -0.2) is 35.2 Å². The summed E-state index contributed by atoms with van der Waals surface area (Å²) >= 11 is 0. The second kappa shape index (κ2) is 5.77. The third-order valence-corrected chi connectivity index (χ3v) is 3.64. The van der Waals surface area contributed by atoms with E-state index in [9.17, 15) is 0 Å². The molecule has 0 aliphatic carbocycles. The van der Waals surface area contributed by atoms with E-state index in [4.69, 9.17) is 4.52 Å². The molecular weight excluding hydrogens is 250 g/mol. The van der Waals surface area contributed by atoms with Gasteiger partial charge in [0.1, 0.15) is 0 Å². The van der Waals surface area contributed by atoms with Crippen LogP contribution in [0.2, 0.25) is 0 Å². The molecule has 106 valence electrons. The Balaban J connectivity index is 1.68. The van der Waals surface area contributed by atoms with Crippen LogP contribution >= 0.6 is 0 Å². The Morgan fingerprint density at radius 3 is 2.60 bits per heavy atom. The maximum atomic E-state index is 5.45. The summed E-state index contributed by atoms with van der Waals surface area (Å²) in [6.07, 6.45) is 0. The number of rotatable bonds is 3. The predicted octanol–water partition coefficient (Wildman–Crippen LogP) is 2.52. The van der Waals surface area contributed by atoms with Crippen LogP contribution in [0.3, 0.4) is 0 Å². The van der Waals surface area contributed by atoms with Gasteiger partial charge >= 0.3 is 0 Å². The molecule has 2 atom stereocenters. The lowest BCUT2D eigenvalue weighted by Gasteiger charge is -2.35. The molecule has 1 aromatic heterocycles. The molecule has 0 amide bonds. The molecule has 4 heteroatoms. The molecule has 2 heterocycles. The van der Waals surface area contributed by atoms with Crippen molar-refractivity contribution in [2.75, 3.05) is 13.1 Å². The number of aromatic nitrogens is 1. The largest absolute Gasteiger partial charge is 0.356 e. The van der Waals surface area contributed by atoms with Gasteiger partial charge < -0.3 is 9.84 Å². The third kappa shape index (κ3) is 3.08. The Morgan fingerprint density at radius 2 is 1.90 bits per heavy atom. The highest BCUT2D eigenvalue weighted by Crippen LogP contribution is 2.20. The van der Waals surface area contributed by atoms with Gasteiger partial charge in [0.25, 0.3) is 0 Å². The molecule has 1 aromatic carbocycles. The van der Waals surface area contributed by atoms with E-state index in [0.29, 0.717) is 12.1 Å². The summed E-state index contributed by atoms with van der Waals surface area (Å²) in [6.45, 7) is 7.41. The molecule has 2 unspecified atom stereocenters. The molecular formula is C16H21N3O. The van der Waals surface area contributed by atoms with Gasteiger partial charge in [0.15, 0.2) is 5.76 Å². The van der Waals surface area contributed by atoms with E-state index in [0.717, 1.165) is 36.7 Å². The highest BCUT2D eigenvalue weighted by molar-refractivity contribution is 5.56. The van der Waals surface area contributed by atoms with Crippen molar-refractivity contribution >= 4 is 0 Å². The first-order chi connectivity index (χ1) is 9.70. The van der Waals surface area contributed by atoms with Crippen LogP contribution < -0.4 is 5.32 Å². The average Bonchev–Trinajstić information content (AvgIpc) is 2.87. The third-order valence-electron chi connectivity index (χ3n) is 3.64. The van der Waals surface area contributed by atoms with Gasteiger partial charge in [0.2, 0.25) is 0 Å². The van der Waals surface area contributed by atoms with Crippen LogP contribution in [0.1, 0.15) is 19.5 Å². The van der Waals surface area contributed by atoms with Crippen molar-refractivity contribution in [2.24, 2.45) is 0 Å². The quantitative estimate of drug-likeness (QED) is 0.931. The molecule has 1 N–H and O–H groups in total. The van der Waals surface area contributed by atoms with Crippen LogP contribution in [0.4, 0.5) is 0 Å². The predicted molar refractivity (Wildman–Crippen MR) is 79.3 cm³/mol. The van der Waals surface area contributed by atoms with Crippen LogP contribution in [0.5, 0.6) is 0 Å². The lowest BCUT2D eigenvalue weighted by atomic mass is 10.1. The second-order valence-electron chi connectivity index (χ2n) is 5.71. The Kier molecular flexibility index (Phi) is 3.85. The van der Waals surface area contributed by atoms with Crippen molar-refractivity contribution < 1.29 is 4.52 Å². The Bertz CT molecular complexity index is 542. The smallest absolute Gasteiger partial charge is 0.167 e. The molecule has 0 radical (unpaired) electrons. The molecule has 3 rings (SSSR count). The topological polar surface area (TPSA) is 41.3 Å². The van der Waals surface area contributed by atoms with Gasteiger partial charge in [-0.25, -0.2) is 0 Å². The summed E-state index contributed by atoms with van der Waals surface area (Å²) in [4.78, 5) is 2.43. The van der Waals surface area contributed by atoms with Gasteiger partial charge in [-0.1, -0.05) is 35.5 Å².